The zero-order valence-electron chi connectivity index (χ0n) is 17.3. The molecule has 0 radical (unpaired) electrons. The number of rotatable bonds is 8. The summed E-state index contributed by atoms with van der Waals surface area (Å²) in [6.07, 6.45) is 1.81. The molecule has 0 saturated heterocycles. The highest BCUT2D eigenvalue weighted by atomic mass is 16.5. The van der Waals surface area contributed by atoms with Crippen molar-refractivity contribution in [2.75, 3.05) is 13.2 Å². The molecule has 0 bridgehead atoms. The van der Waals surface area contributed by atoms with Gasteiger partial charge in [-0.15, -0.1) is 0 Å². The molecular formula is C24H30N2O3. The molecule has 2 aromatic carbocycles. The fourth-order valence-corrected chi connectivity index (χ4v) is 3.58. The maximum Gasteiger partial charge on any atom is 0.245 e. The van der Waals surface area contributed by atoms with Crippen molar-refractivity contribution in [2.24, 2.45) is 5.92 Å². The molecule has 29 heavy (non-hydrogen) atoms. The van der Waals surface area contributed by atoms with Crippen molar-refractivity contribution in [2.45, 2.75) is 45.7 Å². The highest BCUT2D eigenvalue weighted by Crippen LogP contribution is 2.20. The molecule has 154 valence electrons. The van der Waals surface area contributed by atoms with Crippen LogP contribution in [0.5, 0.6) is 5.75 Å². The second kappa shape index (κ2) is 10.1. The predicted molar refractivity (Wildman–Crippen MR) is 114 cm³/mol. The van der Waals surface area contributed by atoms with E-state index in [2.05, 4.69) is 17.4 Å². The average Bonchev–Trinajstić information content (AvgIpc) is 2.75. The van der Waals surface area contributed by atoms with Gasteiger partial charge in [0.25, 0.3) is 0 Å². The number of ether oxygens (including phenoxy) is 1. The molecule has 3 rings (SSSR count). The second-order valence-corrected chi connectivity index (χ2v) is 7.83. The van der Waals surface area contributed by atoms with E-state index >= 15 is 0 Å². The molecule has 1 aliphatic rings. The van der Waals surface area contributed by atoms with E-state index in [1.807, 2.05) is 61.2 Å². The highest BCUT2D eigenvalue weighted by molar-refractivity contribution is 5.88. The maximum atomic E-state index is 13.1. The molecule has 0 fully saturated rings. The Bertz CT molecular complexity index is 820. The molecule has 0 spiro atoms. The molecule has 2 amide bonds. The first kappa shape index (κ1) is 20.9. The Labute approximate surface area is 173 Å². The van der Waals surface area contributed by atoms with Crippen molar-refractivity contribution >= 4 is 11.8 Å². The number of hydrogen-bond donors (Lipinski definition) is 1. The van der Waals surface area contributed by atoms with Crippen molar-refractivity contribution in [1.82, 2.24) is 10.2 Å². The number of carbonyl (C=O) groups excluding carboxylic acids is 2. The first-order valence-corrected chi connectivity index (χ1v) is 10.4. The van der Waals surface area contributed by atoms with Crippen LogP contribution in [0.25, 0.3) is 0 Å². The monoisotopic (exact) mass is 394 g/mol. The van der Waals surface area contributed by atoms with Gasteiger partial charge in [-0.1, -0.05) is 56.3 Å². The number of fused-ring (bicyclic) bond motifs is 1. The molecule has 2 aromatic rings. The number of nitrogens with one attached hydrogen (secondary N) is 1. The molecular weight excluding hydrogens is 364 g/mol. The van der Waals surface area contributed by atoms with E-state index in [4.69, 9.17) is 4.74 Å². The van der Waals surface area contributed by atoms with E-state index in [0.717, 1.165) is 12.2 Å². The normalized spacial score (nSPS) is 14.2. The minimum absolute atomic E-state index is 0.00314. The molecule has 5 nitrogen and oxygen atoms in total. The number of amides is 2. The standard InChI is InChI=1S/C24H30N2O3/c1-18(2)23(24(28)26-15-14-19-9-6-7-10-20(19)17-26)25-22(27)13-8-16-29-21-11-4-3-5-12-21/h3-7,9-12,18,23H,8,13-17H2,1-2H3,(H,25,27)/t23-/m1/s1. The summed E-state index contributed by atoms with van der Waals surface area (Å²) < 4.78 is 5.63. The van der Waals surface area contributed by atoms with Gasteiger partial charge in [0, 0.05) is 19.5 Å². The van der Waals surface area contributed by atoms with Crippen molar-refractivity contribution in [1.29, 1.82) is 0 Å². The Morgan fingerprint density at radius 2 is 1.72 bits per heavy atom. The van der Waals surface area contributed by atoms with Gasteiger partial charge in [0.05, 0.1) is 6.61 Å². The van der Waals surface area contributed by atoms with Crippen molar-refractivity contribution < 1.29 is 14.3 Å². The van der Waals surface area contributed by atoms with Crippen molar-refractivity contribution in [3.63, 3.8) is 0 Å². The lowest BCUT2D eigenvalue weighted by molar-refractivity contribution is -0.138. The molecule has 1 atom stereocenters. The number of nitrogens with zero attached hydrogens (tertiary/aromatic N) is 1. The lowest BCUT2D eigenvalue weighted by Crippen LogP contribution is -2.52. The molecule has 0 unspecified atom stereocenters. The van der Waals surface area contributed by atoms with Gasteiger partial charge in [0.1, 0.15) is 11.8 Å². The Morgan fingerprint density at radius 1 is 1.03 bits per heavy atom. The summed E-state index contributed by atoms with van der Waals surface area (Å²) in [6, 6.07) is 17.3. The van der Waals surface area contributed by atoms with Crippen LogP contribution in [-0.2, 0) is 22.6 Å². The first-order valence-electron chi connectivity index (χ1n) is 10.4. The molecule has 0 aliphatic carbocycles. The Hall–Kier alpha value is -2.82. The van der Waals surface area contributed by atoms with E-state index in [-0.39, 0.29) is 17.7 Å². The molecule has 5 heteroatoms. The zero-order chi connectivity index (χ0) is 20.6. The summed E-state index contributed by atoms with van der Waals surface area (Å²) in [5.74, 6) is 0.729. The van der Waals surface area contributed by atoms with Gasteiger partial charge in [0.15, 0.2) is 0 Å². The zero-order valence-corrected chi connectivity index (χ0v) is 17.3. The summed E-state index contributed by atoms with van der Waals surface area (Å²) in [6.45, 7) is 5.72. The number of para-hydroxylation sites is 1. The van der Waals surface area contributed by atoms with Crippen LogP contribution in [0, 0.1) is 5.92 Å². The third kappa shape index (κ3) is 5.83. The molecule has 1 aliphatic heterocycles. The highest BCUT2D eigenvalue weighted by Gasteiger charge is 2.30. The van der Waals surface area contributed by atoms with Gasteiger partial charge in [-0.2, -0.15) is 0 Å². The fourth-order valence-electron chi connectivity index (χ4n) is 3.58. The van der Waals surface area contributed by atoms with Gasteiger partial charge in [-0.25, -0.2) is 0 Å². The smallest absolute Gasteiger partial charge is 0.245 e. The minimum Gasteiger partial charge on any atom is -0.494 e. The predicted octanol–water partition coefficient (Wildman–Crippen LogP) is 3.57. The van der Waals surface area contributed by atoms with E-state index < -0.39 is 6.04 Å². The van der Waals surface area contributed by atoms with Crippen LogP contribution in [0.4, 0.5) is 0 Å². The van der Waals surface area contributed by atoms with Crippen LogP contribution in [0.1, 0.15) is 37.8 Å². The molecule has 0 aromatic heterocycles. The molecule has 0 saturated carbocycles. The average molecular weight is 395 g/mol. The second-order valence-electron chi connectivity index (χ2n) is 7.83. The lowest BCUT2D eigenvalue weighted by Gasteiger charge is -2.33. The Kier molecular flexibility index (Phi) is 7.28. The third-order valence-electron chi connectivity index (χ3n) is 5.25. The van der Waals surface area contributed by atoms with Crippen molar-refractivity contribution in [3.8, 4) is 5.75 Å². The number of hydrogen-bond acceptors (Lipinski definition) is 3. The van der Waals surface area contributed by atoms with Crippen LogP contribution in [0.15, 0.2) is 54.6 Å². The Balaban J connectivity index is 1.49. The molecule has 1 heterocycles. The number of carbonyl (C=O) groups is 2. The van der Waals surface area contributed by atoms with E-state index in [0.29, 0.717) is 32.5 Å². The maximum absolute atomic E-state index is 13.1. The third-order valence-corrected chi connectivity index (χ3v) is 5.25. The summed E-state index contributed by atoms with van der Waals surface area (Å²) in [5, 5.41) is 2.95. The quantitative estimate of drug-likeness (QED) is 0.697. The Morgan fingerprint density at radius 3 is 2.45 bits per heavy atom. The van der Waals surface area contributed by atoms with Crippen LogP contribution >= 0.6 is 0 Å². The van der Waals surface area contributed by atoms with Gasteiger partial charge in [-0.3, -0.25) is 9.59 Å². The fraction of sp³-hybridized carbons (Fsp3) is 0.417. The summed E-state index contributed by atoms with van der Waals surface area (Å²) in [5.41, 5.74) is 2.50. The van der Waals surface area contributed by atoms with Crippen LogP contribution in [0.2, 0.25) is 0 Å². The van der Waals surface area contributed by atoms with Crippen molar-refractivity contribution in [3.05, 3.63) is 65.7 Å². The summed E-state index contributed by atoms with van der Waals surface area (Å²) in [4.78, 5) is 27.4. The lowest BCUT2D eigenvalue weighted by atomic mass is 9.97. The van der Waals surface area contributed by atoms with Crippen LogP contribution in [0.3, 0.4) is 0 Å². The van der Waals surface area contributed by atoms with Gasteiger partial charge < -0.3 is 15.0 Å². The minimum atomic E-state index is -0.497. The summed E-state index contributed by atoms with van der Waals surface area (Å²) >= 11 is 0. The summed E-state index contributed by atoms with van der Waals surface area (Å²) in [7, 11) is 0. The van der Waals surface area contributed by atoms with Crippen LogP contribution < -0.4 is 10.1 Å². The van der Waals surface area contributed by atoms with E-state index in [9.17, 15) is 9.59 Å². The molecule has 1 N–H and O–H groups in total. The largest absolute Gasteiger partial charge is 0.494 e. The van der Waals surface area contributed by atoms with Crippen LogP contribution in [-0.4, -0.2) is 35.9 Å². The first-order chi connectivity index (χ1) is 14.0. The van der Waals surface area contributed by atoms with Gasteiger partial charge in [-0.05, 0) is 42.0 Å². The van der Waals surface area contributed by atoms with E-state index in [1.54, 1.807) is 0 Å². The van der Waals surface area contributed by atoms with Gasteiger partial charge >= 0.3 is 0 Å². The topological polar surface area (TPSA) is 58.6 Å². The van der Waals surface area contributed by atoms with Gasteiger partial charge in [0.2, 0.25) is 11.8 Å². The number of benzene rings is 2. The SMILES string of the molecule is CC(C)[C@@H](NC(=O)CCCOc1ccccc1)C(=O)N1CCc2ccccc2C1. The van der Waals surface area contributed by atoms with E-state index in [1.165, 1.54) is 11.1 Å².